The molecule has 0 aliphatic carbocycles. The van der Waals surface area contributed by atoms with Gasteiger partial charge in [0.2, 0.25) is 6.39 Å². The van der Waals surface area contributed by atoms with E-state index in [1.807, 2.05) is 24.4 Å². The first kappa shape index (κ1) is 6.84. The molecule has 0 aromatic carbocycles. The Bertz CT molecular complexity index is 311. The van der Waals surface area contributed by atoms with E-state index in [9.17, 15) is 0 Å². The van der Waals surface area contributed by atoms with E-state index >= 15 is 0 Å². The van der Waals surface area contributed by atoms with Gasteiger partial charge in [0.05, 0.1) is 0 Å². The zero-order chi connectivity index (χ0) is 8.23. The van der Waals surface area contributed by atoms with Gasteiger partial charge in [-0.25, -0.2) is 0 Å². The molecule has 0 fully saturated rings. The lowest BCUT2D eigenvalue weighted by molar-refractivity contribution is 0.415. The van der Waals surface area contributed by atoms with Gasteiger partial charge in [0, 0.05) is 11.9 Å². The maximum absolute atomic E-state index is 4.56. The standard InChI is InChI=1S/C8H7N3O/c1-2-7(9-5-1)3-4-8-10-6-12-11-8/h1-6,9H/b4-3+. The second-order valence-electron chi connectivity index (χ2n) is 2.25. The van der Waals surface area contributed by atoms with Gasteiger partial charge in [0.25, 0.3) is 0 Å². The zero-order valence-corrected chi connectivity index (χ0v) is 6.27. The van der Waals surface area contributed by atoms with E-state index in [1.54, 1.807) is 6.08 Å². The van der Waals surface area contributed by atoms with E-state index in [2.05, 4.69) is 19.6 Å². The molecular weight excluding hydrogens is 154 g/mol. The lowest BCUT2D eigenvalue weighted by Crippen LogP contribution is -1.73. The van der Waals surface area contributed by atoms with E-state index in [1.165, 1.54) is 6.39 Å². The number of aromatic nitrogens is 3. The topological polar surface area (TPSA) is 54.7 Å². The number of hydrogen-bond acceptors (Lipinski definition) is 3. The van der Waals surface area contributed by atoms with Gasteiger partial charge < -0.3 is 9.51 Å². The minimum Gasteiger partial charge on any atom is -0.362 e. The van der Waals surface area contributed by atoms with E-state index in [0.29, 0.717) is 5.82 Å². The van der Waals surface area contributed by atoms with Gasteiger partial charge >= 0.3 is 0 Å². The lowest BCUT2D eigenvalue weighted by Gasteiger charge is -1.81. The molecule has 60 valence electrons. The Labute approximate surface area is 68.9 Å². The quantitative estimate of drug-likeness (QED) is 0.727. The molecule has 0 atom stereocenters. The third kappa shape index (κ3) is 1.42. The highest BCUT2D eigenvalue weighted by Crippen LogP contribution is 2.00. The van der Waals surface area contributed by atoms with E-state index in [4.69, 9.17) is 0 Å². The van der Waals surface area contributed by atoms with Crippen molar-refractivity contribution in [1.29, 1.82) is 0 Å². The maximum atomic E-state index is 4.56. The molecule has 4 nitrogen and oxygen atoms in total. The fraction of sp³-hybridized carbons (Fsp3) is 0. The lowest BCUT2D eigenvalue weighted by atomic mass is 10.4. The molecular formula is C8H7N3O. The smallest absolute Gasteiger partial charge is 0.214 e. The molecule has 0 bridgehead atoms. The second-order valence-corrected chi connectivity index (χ2v) is 2.25. The Morgan fingerprint density at radius 3 is 3.08 bits per heavy atom. The summed E-state index contributed by atoms with van der Waals surface area (Å²) in [6.07, 6.45) is 6.81. The van der Waals surface area contributed by atoms with Crippen LogP contribution in [0.1, 0.15) is 11.5 Å². The molecule has 2 aromatic heterocycles. The van der Waals surface area contributed by atoms with Crippen LogP contribution in [0.3, 0.4) is 0 Å². The van der Waals surface area contributed by atoms with E-state index in [0.717, 1.165) is 5.69 Å². The Morgan fingerprint density at radius 2 is 2.42 bits per heavy atom. The Hall–Kier alpha value is -1.84. The Kier molecular flexibility index (Phi) is 1.74. The maximum Gasteiger partial charge on any atom is 0.214 e. The highest BCUT2D eigenvalue weighted by Gasteiger charge is 1.90. The predicted octanol–water partition coefficient (Wildman–Crippen LogP) is 1.57. The minimum atomic E-state index is 0.574. The molecule has 0 amide bonds. The summed E-state index contributed by atoms with van der Waals surface area (Å²) in [4.78, 5) is 6.86. The van der Waals surface area contributed by atoms with Crippen LogP contribution < -0.4 is 0 Å². The van der Waals surface area contributed by atoms with Crippen LogP contribution in [0.4, 0.5) is 0 Å². The first-order valence-electron chi connectivity index (χ1n) is 3.53. The molecule has 2 rings (SSSR count). The molecule has 1 N–H and O–H groups in total. The normalized spacial score (nSPS) is 11.0. The van der Waals surface area contributed by atoms with E-state index < -0.39 is 0 Å². The highest BCUT2D eigenvalue weighted by molar-refractivity contribution is 5.64. The summed E-state index contributed by atoms with van der Waals surface area (Å²) in [6.45, 7) is 0. The molecule has 0 saturated heterocycles. The molecule has 2 heterocycles. The first-order valence-corrected chi connectivity index (χ1v) is 3.53. The average Bonchev–Trinajstić information content (AvgIpc) is 2.74. The summed E-state index contributed by atoms with van der Waals surface area (Å²) in [5.41, 5.74) is 1.01. The van der Waals surface area contributed by atoms with Crippen LogP contribution in [0.15, 0.2) is 29.2 Å². The van der Waals surface area contributed by atoms with Crippen LogP contribution >= 0.6 is 0 Å². The van der Waals surface area contributed by atoms with Crippen molar-refractivity contribution >= 4 is 12.2 Å². The second kappa shape index (κ2) is 3.04. The van der Waals surface area contributed by atoms with Crippen LogP contribution in [-0.2, 0) is 0 Å². The largest absolute Gasteiger partial charge is 0.362 e. The van der Waals surface area contributed by atoms with Crippen LogP contribution in [0.25, 0.3) is 12.2 Å². The SMILES string of the molecule is C(=C\c1ccc[nH]1)/c1ncon1. The number of nitrogens with one attached hydrogen (secondary N) is 1. The van der Waals surface area contributed by atoms with Crippen molar-refractivity contribution in [3.8, 4) is 0 Å². The van der Waals surface area contributed by atoms with Crippen molar-refractivity contribution in [1.82, 2.24) is 15.1 Å². The van der Waals surface area contributed by atoms with Crippen LogP contribution in [-0.4, -0.2) is 15.1 Å². The van der Waals surface area contributed by atoms with Crippen LogP contribution in [0, 0.1) is 0 Å². The van der Waals surface area contributed by atoms with Crippen LogP contribution in [0.5, 0.6) is 0 Å². The summed E-state index contributed by atoms with van der Waals surface area (Å²) in [6, 6.07) is 3.88. The molecule has 0 aliphatic rings. The van der Waals surface area contributed by atoms with Gasteiger partial charge in [-0.05, 0) is 24.3 Å². The van der Waals surface area contributed by atoms with Gasteiger partial charge in [0.15, 0.2) is 5.82 Å². The third-order valence-corrected chi connectivity index (χ3v) is 1.41. The summed E-state index contributed by atoms with van der Waals surface area (Å²) >= 11 is 0. The number of nitrogens with zero attached hydrogens (tertiary/aromatic N) is 2. The van der Waals surface area contributed by atoms with Gasteiger partial charge in [-0.2, -0.15) is 4.98 Å². The molecule has 4 heteroatoms. The Morgan fingerprint density at radius 1 is 1.42 bits per heavy atom. The molecule has 0 saturated carbocycles. The Balaban J connectivity index is 2.14. The van der Waals surface area contributed by atoms with Gasteiger partial charge in [-0.3, -0.25) is 0 Å². The fourth-order valence-corrected chi connectivity index (χ4v) is 0.864. The molecule has 0 unspecified atom stereocenters. The summed E-state index contributed by atoms with van der Waals surface area (Å²) in [5, 5.41) is 3.63. The fourth-order valence-electron chi connectivity index (χ4n) is 0.864. The minimum absolute atomic E-state index is 0.574. The molecule has 12 heavy (non-hydrogen) atoms. The zero-order valence-electron chi connectivity index (χ0n) is 6.27. The van der Waals surface area contributed by atoms with Gasteiger partial charge in [-0.1, -0.05) is 5.16 Å². The van der Waals surface area contributed by atoms with E-state index in [-0.39, 0.29) is 0 Å². The predicted molar refractivity (Wildman–Crippen MR) is 44.0 cm³/mol. The number of aromatic amines is 1. The van der Waals surface area contributed by atoms with Crippen molar-refractivity contribution in [2.75, 3.05) is 0 Å². The molecule has 0 spiro atoms. The molecule has 0 radical (unpaired) electrons. The third-order valence-electron chi connectivity index (χ3n) is 1.41. The van der Waals surface area contributed by atoms with Crippen molar-refractivity contribution in [2.45, 2.75) is 0 Å². The van der Waals surface area contributed by atoms with Crippen molar-refractivity contribution in [3.05, 3.63) is 36.2 Å². The van der Waals surface area contributed by atoms with Crippen molar-refractivity contribution in [3.63, 3.8) is 0 Å². The summed E-state index contributed by atoms with van der Waals surface area (Å²) in [5.74, 6) is 0.574. The summed E-state index contributed by atoms with van der Waals surface area (Å²) in [7, 11) is 0. The summed E-state index contributed by atoms with van der Waals surface area (Å²) < 4.78 is 4.56. The average molecular weight is 161 g/mol. The number of H-pyrrole nitrogens is 1. The number of hydrogen-bond donors (Lipinski definition) is 1. The molecule has 2 aromatic rings. The van der Waals surface area contributed by atoms with Gasteiger partial charge in [0.1, 0.15) is 0 Å². The molecule has 0 aliphatic heterocycles. The monoisotopic (exact) mass is 161 g/mol. The first-order chi connectivity index (χ1) is 5.95. The number of rotatable bonds is 2. The van der Waals surface area contributed by atoms with Crippen LogP contribution in [0.2, 0.25) is 0 Å². The van der Waals surface area contributed by atoms with Crippen molar-refractivity contribution < 1.29 is 4.52 Å². The highest BCUT2D eigenvalue weighted by atomic mass is 16.5. The van der Waals surface area contributed by atoms with Gasteiger partial charge in [-0.15, -0.1) is 0 Å². The van der Waals surface area contributed by atoms with Crippen molar-refractivity contribution in [2.24, 2.45) is 0 Å².